The number of aromatic nitrogens is 1. The highest BCUT2D eigenvalue weighted by Crippen LogP contribution is 2.28. The molecule has 116 valence electrons. The van der Waals surface area contributed by atoms with E-state index >= 15 is 0 Å². The van der Waals surface area contributed by atoms with Gasteiger partial charge in [-0.1, -0.05) is 36.4 Å². The quantitative estimate of drug-likeness (QED) is 0.696. The maximum atomic E-state index is 5.66. The summed E-state index contributed by atoms with van der Waals surface area (Å²) in [6, 6.07) is 20.4. The van der Waals surface area contributed by atoms with Crippen LogP contribution in [0.1, 0.15) is 17.2 Å². The molecule has 1 unspecified atom stereocenters. The van der Waals surface area contributed by atoms with E-state index in [4.69, 9.17) is 9.47 Å². The third-order valence-corrected chi connectivity index (χ3v) is 3.86. The molecule has 23 heavy (non-hydrogen) atoms. The molecule has 0 radical (unpaired) electrons. The topological polar surface area (TPSA) is 31.4 Å². The average molecular weight is 305 g/mol. The number of benzene rings is 2. The molecule has 0 fully saturated rings. The second kappa shape index (κ2) is 7.07. The Morgan fingerprint density at radius 3 is 2.13 bits per heavy atom. The molecule has 3 aromatic rings. The van der Waals surface area contributed by atoms with E-state index in [2.05, 4.69) is 35.3 Å². The van der Waals surface area contributed by atoms with E-state index in [0.29, 0.717) is 0 Å². The van der Waals surface area contributed by atoms with Gasteiger partial charge in [-0.3, -0.25) is 4.98 Å². The highest BCUT2D eigenvalue weighted by atomic mass is 16.5. The van der Waals surface area contributed by atoms with Gasteiger partial charge in [-0.15, -0.1) is 0 Å². The fourth-order valence-corrected chi connectivity index (χ4v) is 2.66. The lowest BCUT2D eigenvalue weighted by Crippen LogP contribution is -2.03. The molecule has 1 heterocycles. The molecule has 1 atom stereocenters. The van der Waals surface area contributed by atoms with Crippen LogP contribution in [0.2, 0.25) is 0 Å². The van der Waals surface area contributed by atoms with Gasteiger partial charge in [0.25, 0.3) is 0 Å². The van der Waals surface area contributed by atoms with Gasteiger partial charge >= 0.3 is 0 Å². The Kier molecular flexibility index (Phi) is 4.69. The van der Waals surface area contributed by atoms with Crippen LogP contribution in [-0.2, 0) is 4.74 Å². The Morgan fingerprint density at radius 1 is 0.783 bits per heavy atom. The van der Waals surface area contributed by atoms with Crippen molar-refractivity contribution in [3.63, 3.8) is 0 Å². The molecule has 3 rings (SSSR count). The van der Waals surface area contributed by atoms with Crippen molar-refractivity contribution in [2.24, 2.45) is 0 Å². The van der Waals surface area contributed by atoms with Gasteiger partial charge in [0.2, 0.25) is 0 Å². The molecule has 0 aliphatic carbocycles. The first-order chi connectivity index (χ1) is 11.3. The lowest BCUT2D eigenvalue weighted by Gasteiger charge is -2.16. The molecular formula is C20H19NO2. The number of nitrogens with zero attached hydrogens (tertiary/aromatic N) is 1. The van der Waals surface area contributed by atoms with E-state index in [-0.39, 0.29) is 6.10 Å². The normalized spacial score (nSPS) is 11.9. The predicted octanol–water partition coefficient (Wildman–Crippen LogP) is 4.49. The minimum atomic E-state index is -0.0858. The molecule has 1 aromatic heterocycles. The molecular weight excluding hydrogens is 286 g/mol. The fourth-order valence-electron chi connectivity index (χ4n) is 2.66. The Hall–Kier alpha value is -2.65. The first-order valence-electron chi connectivity index (χ1n) is 7.49. The van der Waals surface area contributed by atoms with E-state index in [1.165, 1.54) is 0 Å². The number of methoxy groups -OCH3 is 2. The molecule has 0 aliphatic rings. The van der Waals surface area contributed by atoms with Crippen LogP contribution in [0.5, 0.6) is 5.75 Å². The van der Waals surface area contributed by atoms with Crippen LogP contribution in [0, 0.1) is 0 Å². The molecule has 3 nitrogen and oxygen atoms in total. The summed E-state index contributed by atoms with van der Waals surface area (Å²) in [6.45, 7) is 0. The van der Waals surface area contributed by atoms with Crippen molar-refractivity contribution in [2.45, 2.75) is 6.10 Å². The zero-order valence-corrected chi connectivity index (χ0v) is 13.3. The average Bonchev–Trinajstić information content (AvgIpc) is 2.64. The molecule has 3 heteroatoms. The van der Waals surface area contributed by atoms with Crippen LogP contribution in [0.25, 0.3) is 11.1 Å². The third-order valence-electron chi connectivity index (χ3n) is 3.86. The zero-order chi connectivity index (χ0) is 16.1. The maximum absolute atomic E-state index is 5.66. The summed E-state index contributed by atoms with van der Waals surface area (Å²) in [4.78, 5) is 4.06. The van der Waals surface area contributed by atoms with Crippen molar-refractivity contribution in [3.8, 4) is 16.9 Å². The second-order valence-electron chi connectivity index (χ2n) is 5.25. The molecule has 0 spiro atoms. The van der Waals surface area contributed by atoms with Crippen molar-refractivity contribution in [3.05, 3.63) is 84.2 Å². The SMILES string of the molecule is COc1cccc(-c2ccc(C(OC)c3ccncc3)cc2)c1. The lowest BCUT2D eigenvalue weighted by atomic mass is 9.98. The van der Waals surface area contributed by atoms with Gasteiger partial charge in [-0.25, -0.2) is 0 Å². The summed E-state index contributed by atoms with van der Waals surface area (Å²) in [5, 5.41) is 0. The zero-order valence-electron chi connectivity index (χ0n) is 13.3. The molecule has 0 saturated carbocycles. The molecule has 0 bridgehead atoms. The summed E-state index contributed by atoms with van der Waals surface area (Å²) < 4.78 is 10.9. The van der Waals surface area contributed by atoms with Gasteiger partial charge in [-0.05, 0) is 46.5 Å². The Labute approximate surface area is 136 Å². The van der Waals surface area contributed by atoms with Crippen molar-refractivity contribution < 1.29 is 9.47 Å². The van der Waals surface area contributed by atoms with E-state index in [0.717, 1.165) is 28.0 Å². The second-order valence-corrected chi connectivity index (χ2v) is 5.25. The Balaban J connectivity index is 1.89. The predicted molar refractivity (Wildman–Crippen MR) is 91.5 cm³/mol. The van der Waals surface area contributed by atoms with E-state index in [1.807, 2.05) is 30.3 Å². The standard InChI is InChI=1S/C20H19NO2/c1-22-19-5-3-4-18(14-19)15-6-8-16(9-7-15)20(23-2)17-10-12-21-13-11-17/h3-14,20H,1-2H3. The monoisotopic (exact) mass is 305 g/mol. The number of rotatable bonds is 5. The largest absolute Gasteiger partial charge is 0.497 e. The summed E-state index contributed by atoms with van der Waals surface area (Å²) >= 11 is 0. The molecule has 0 aliphatic heterocycles. The van der Waals surface area contributed by atoms with Gasteiger partial charge in [0.15, 0.2) is 0 Å². The van der Waals surface area contributed by atoms with Crippen LogP contribution in [0.3, 0.4) is 0 Å². The molecule has 2 aromatic carbocycles. The summed E-state index contributed by atoms with van der Waals surface area (Å²) in [7, 11) is 3.40. The van der Waals surface area contributed by atoms with Gasteiger partial charge in [0, 0.05) is 19.5 Å². The van der Waals surface area contributed by atoms with Crippen LogP contribution >= 0.6 is 0 Å². The number of pyridine rings is 1. The number of hydrogen-bond acceptors (Lipinski definition) is 3. The van der Waals surface area contributed by atoms with Crippen LogP contribution < -0.4 is 4.74 Å². The Bertz CT molecular complexity index is 754. The minimum Gasteiger partial charge on any atom is -0.497 e. The van der Waals surface area contributed by atoms with E-state index in [9.17, 15) is 0 Å². The summed E-state index contributed by atoms with van der Waals surface area (Å²) in [5.74, 6) is 0.859. The lowest BCUT2D eigenvalue weighted by molar-refractivity contribution is 0.136. The highest BCUT2D eigenvalue weighted by Gasteiger charge is 2.13. The van der Waals surface area contributed by atoms with Crippen molar-refractivity contribution >= 4 is 0 Å². The first kappa shape index (κ1) is 15.3. The summed E-state index contributed by atoms with van der Waals surface area (Å²) in [5.41, 5.74) is 4.49. The Morgan fingerprint density at radius 2 is 1.48 bits per heavy atom. The van der Waals surface area contributed by atoms with E-state index < -0.39 is 0 Å². The van der Waals surface area contributed by atoms with E-state index in [1.54, 1.807) is 26.6 Å². The van der Waals surface area contributed by atoms with Gasteiger partial charge in [0.1, 0.15) is 11.9 Å². The molecule has 0 amide bonds. The first-order valence-corrected chi connectivity index (χ1v) is 7.49. The van der Waals surface area contributed by atoms with Crippen molar-refractivity contribution in [2.75, 3.05) is 14.2 Å². The minimum absolute atomic E-state index is 0.0858. The number of ether oxygens (including phenoxy) is 2. The summed E-state index contributed by atoms with van der Waals surface area (Å²) in [6.07, 6.45) is 3.48. The fraction of sp³-hybridized carbons (Fsp3) is 0.150. The van der Waals surface area contributed by atoms with Gasteiger partial charge < -0.3 is 9.47 Å². The van der Waals surface area contributed by atoms with Crippen LogP contribution in [-0.4, -0.2) is 19.2 Å². The van der Waals surface area contributed by atoms with Crippen molar-refractivity contribution in [1.82, 2.24) is 4.98 Å². The molecule has 0 saturated heterocycles. The third kappa shape index (κ3) is 3.41. The van der Waals surface area contributed by atoms with Gasteiger partial charge in [-0.2, -0.15) is 0 Å². The van der Waals surface area contributed by atoms with Crippen LogP contribution in [0.15, 0.2) is 73.1 Å². The molecule has 0 N–H and O–H groups in total. The van der Waals surface area contributed by atoms with Crippen LogP contribution in [0.4, 0.5) is 0 Å². The number of hydrogen-bond donors (Lipinski definition) is 0. The van der Waals surface area contributed by atoms with Gasteiger partial charge in [0.05, 0.1) is 7.11 Å². The maximum Gasteiger partial charge on any atom is 0.119 e. The smallest absolute Gasteiger partial charge is 0.119 e. The highest BCUT2D eigenvalue weighted by molar-refractivity contribution is 5.65. The van der Waals surface area contributed by atoms with Crippen molar-refractivity contribution in [1.29, 1.82) is 0 Å².